The topological polar surface area (TPSA) is 58.1 Å². The molecular weight excluding hydrogens is 276 g/mol. The van der Waals surface area contributed by atoms with Gasteiger partial charge in [0.25, 0.3) is 5.91 Å². The van der Waals surface area contributed by atoms with E-state index in [1.807, 2.05) is 25.1 Å². The van der Waals surface area contributed by atoms with Gasteiger partial charge < -0.3 is 10.2 Å². The van der Waals surface area contributed by atoms with Crippen LogP contribution in [0, 0.1) is 6.92 Å². The van der Waals surface area contributed by atoms with E-state index in [2.05, 4.69) is 26.3 Å². The lowest BCUT2D eigenvalue weighted by molar-refractivity contribution is 0.0945. The highest BCUT2D eigenvalue weighted by atomic mass is 16.1. The number of aromatic nitrogens is 2. The van der Waals surface area contributed by atoms with E-state index < -0.39 is 0 Å². The highest BCUT2D eigenvalue weighted by molar-refractivity contribution is 5.92. The Hall–Kier alpha value is -2.43. The average Bonchev–Trinajstić information content (AvgIpc) is 3.07. The second-order valence-electron chi connectivity index (χ2n) is 5.56. The second kappa shape index (κ2) is 6.56. The Labute approximate surface area is 130 Å². The van der Waals surface area contributed by atoms with Crippen molar-refractivity contribution in [2.45, 2.75) is 26.3 Å². The van der Waals surface area contributed by atoms with Crippen LogP contribution in [-0.2, 0) is 6.54 Å². The minimum atomic E-state index is -0.150. The number of rotatable bonds is 4. The third-order valence-electron chi connectivity index (χ3n) is 3.81. The molecule has 0 spiro atoms. The van der Waals surface area contributed by atoms with Crippen LogP contribution in [0.2, 0.25) is 0 Å². The van der Waals surface area contributed by atoms with Crippen LogP contribution in [0.15, 0.2) is 36.5 Å². The third-order valence-corrected chi connectivity index (χ3v) is 3.81. The summed E-state index contributed by atoms with van der Waals surface area (Å²) >= 11 is 0. The maximum atomic E-state index is 12.1. The third kappa shape index (κ3) is 3.42. The number of carbonyl (C=O) groups excluding carboxylic acids is 1. The molecule has 0 radical (unpaired) electrons. The van der Waals surface area contributed by atoms with Gasteiger partial charge in [-0.25, -0.2) is 9.97 Å². The van der Waals surface area contributed by atoms with Crippen molar-refractivity contribution in [2.75, 3.05) is 18.0 Å². The lowest BCUT2D eigenvalue weighted by Crippen LogP contribution is -2.24. The van der Waals surface area contributed by atoms with Crippen molar-refractivity contribution in [3.05, 3.63) is 53.5 Å². The fraction of sp³-hybridized carbons (Fsp3) is 0.353. The van der Waals surface area contributed by atoms with Gasteiger partial charge in [0.1, 0.15) is 11.5 Å². The number of hydrogen-bond donors (Lipinski definition) is 1. The van der Waals surface area contributed by atoms with E-state index in [1.165, 1.54) is 12.8 Å². The van der Waals surface area contributed by atoms with Crippen LogP contribution >= 0.6 is 0 Å². The largest absolute Gasteiger partial charge is 0.357 e. The van der Waals surface area contributed by atoms with Crippen LogP contribution in [0.25, 0.3) is 0 Å². The number of aryl methyl sites for hydroxylation is 1. The number of carbonyl (C=O) groups is 1. The van der Waals surface area contributed by atoms with Gasteiger partial charge in [-0.3, -0.25) is 4.79 Å². The molecule has 2 aromatic heterocycles. The standard InChI is InChI=1S/C17H20N4O/c1-13-5-4-6-15(20-13)17(22)19-12-14-7-8-18-16(11-14)21-9-2-3-10-21/h4-8,11H,2-3,9-10,12H2,1H3,(H,19,22). The quantitative estimate of drug-likeness (QED) is 0.940. The summed E-state index contributed by atoms with van der Waals surface area (Å²) in [5.41, 5.74) is 2.35. The SMILES string of the molecule is Cc1cccc(C(=O)NCc2ccnc(N3CCCC3)c2)n1. The first-order valence-corrected chi connectivity index (χ1v) is 7.64. The van der Waals surface area contributed by atoms with Crippen LogP contribution in [0.1, 0.15) is 34.6 Å². The molecule has 5 heteroatoms. The summed E-state index contributed by atoms with van der Waals surface area (Å²) in [6, 6.07) is 9.43. The summed E-state index contributed by atoms with van der Waals surface area (Å²) in [5, 5.41) is 2.91. The molecule has 1 aliphatic rings. The molecule has 114 valence electrons. The van der Waals surface area contributed by atoms with E-state index >= 15 is 0 Å². The van der Waals surface area contributed by atoms with E-state index in [0.717, 1.165) is 30.2 Å². The van der Waals surface area contributed by atoms with Crippen molar-refractivity contribution in [3.8, 4) is 0 Å². The predicted octanol–water partition coefficient (Wildman–Crippen LogP) is 2.32. The van der Waals surface area contributed by atoms with E-state index in [4.69, 9.17) is 0 Å². The summed E-state index contributed by atoms with van der Waals surface area (Å²) in [6.45, 7) is 4.49. The Morgan fingerprint density at radius 1 is 1.27 bits per heavy atom. The maximum absolute atomic E-state index is 12.1. The number of pyridine rings is 2. The van der Waals surface area contributed by atoms with Crippen LogP contribution in [0.4, 0.5) is 5.82 Å². The van der Waals surface area contributed by atoms with Crippen molar-refractivity contribution in [2.24, 2.45) is 0 Å². The fourth-order valence-corrected chi connectivity index (χ4v) is 2.63. The minimum absolute atomic E-state index is 0.150. The summed E-state index contributed by atoms with van der Waals surface area (Å²) in [6.07, 6.45) is 4.25. The molecule has 0 atom stereocenters. The van der Waals surface area contributed by atoms with Crippen molar-refractivity contribution in [1.29, 1.82) is 0 Å². The first-order chi connectivity index (χ1) is 10.7. The molecule has 5 nitrogen and oxygen atoms in total. The van der Waals surface area contributed by atoms with Crippen molar-refractivity contribution >= 4 is 11.7 Å². The van der Waals surface area contributed by atoms with Gasteiger partial charge in [-0.05, 0) is 49.6 Å². The van der Waals surface area contributed by atoms with Gasteiger partial charge in [-0.2, -0.15) is 0 Å². The summed E-state index contributed by atoms with van der Waals surface area (Å²) < 4.78 is 0. The van der Waals surface area contributed by atoms with E-state index in [1.54, 1.807) is 12.3 Å². The van der Waals surface area contributed by atoms with Crippen molar-refractivity contribution in [3.63, 3.8) is 0 Å². The number of amides is 1. The van der Waals surface area contributed by atoms with E-state index in [9.17, 15) is 4.79 Å². The van der Waals surface area contributed by atoms with E-state index in [0.29, 0.717) is 12.2 Å². The molecular formula is C17H20N4O. The fourth-order valence-electron chi connectivity index (χ4n) is 2.63. The maximum Gasteiger partial charge on any atom is 0.270 e. The summed E-state index contributed by atoms with van der Waals surface area (Å²) in [5.74, 6) is 0.848. The molecule has 1 fully saturated rings. The predicted molar refractivity (Wildman–Crippen MR) is 85.8 cm³/mol. The van der Waals surface area contributed by atoms with Gasteiger partial charge in [0.15, 0.2) is 0 Å². The molecule has 3 heterocycles. The summed E-state index contributed by atoms with van der Waals surface area (Å²) in [4.78, 5) is 23.0. The zero-order chi connectivity index (χ0) is 15.4. The molecule has 1 aliphatic heterocycles. The number of anilines is 1. The zero-order valence-electron chi connectivity index (χ0n) is 12.7. The van der Waals surface area contributed by atoms with Gasteiger partial charge in [0.2, 0.25) is 0 Å². The van der Waals surface area contributed by atoms with Crippen LogP contribution in [0.5, 0.6) is 0 Å². The molecule has 3 rings (SSSR count). The normalized spacial score (nSPS) is 14.1. The number of hydrogen-bond acceptors (Lipinski definition) is 4. The summed E-state index contributed by atoms with van der Waals surface area (Å²) in [7, 11) is 0. The molecule has 0 aromatic carbocycles. The lowest BCUT2D eigenvalue weighted by atomic mass is 10.2. The Morgan fingerprint density at radius 3 is 2.86 bits per heavy atom. The Kier molecular flexibility index (Phi) is 4.32. The Balaban J connectivity index is 1.63. The van der Waals surface area contributed by atoms with Gasteiger partial charge in [-0.15, -0.1) is 0 Å². The first-order valence-electron chi connectivity index (χ1n) is 7.64. The van der Waals surface area contributed by atoms with Gasteiger partial charge in [0, 0.05) is 31.5 Å². The van der Waals surface area contributed by atoms with E-state index in [-0.39, 0.29) is 5.91 Å². The monoisotopic (exact) mass is 296 g/mol. The molecule has 0 aliphatic carbocycles. The molecule has 0 saturated carbocycles. The molecule has 22 heavy (non-hydrogen) atoms. The van der Waals surface area contributed by atoms with Gasteiger partial charge in [0.05, 0.1) is 0 Å². The first kappa shape index (κ1) is 14.5. The number of nitrogens with zero attached hydrogens (tertiary/aromatic N) is 3. The van der Waals surface area contributed by atoms with Crippen LogP contribution in [-0.4, -0.2) is 29.0 Å². The average molecular weight is 296 g/mol. The molecule has 0 unspecified atom stereocenters. The van der Waals surface area contributed by atoms with Crippen molar-refractivity contribution in [1.82, 2.24) is 15.3 Å². The molecule has 1 N–H and O–H groups in total. The second-order valence-corrected chi connectivity index (χ2v) is 5.56. The molecule has 2 aromatic rings. The smallest absolute Gasteiger partial charge is 0.270 e. The highest BCUT2D eigenvalue weighted by Gasteiger charge is 2.14. The highest BCUT2D eigenvalue weighted by Crippen LogP contribution is 2.18. The van der Waals surface area contributed by atoms with Crippen LogP contribution < -0.4 is 10.2 Å². The molecule has 1 amide bonds. The van der Waals surface area contributed by atoms with Crippen molar-refractivity contribution < 1.29 is 4.79 Å². The van der Waals surface area contributed by atoms with Crippen LogP contribution in [0.3, 0.4) is 0 Å². The molecule has 0 bridgehead atoms. The Morgan fingerprint density at radius 2 is 2.09 bits per heavy atom. The van der Waals surface area contributed by atoms with Gasteiger partial charge >= 0.3 is 0 Å². The zero-order valence-corrected chi connectivity index (χ0v) is 12.7. The molecule has 1 saturated heterocycles. The lowest BCUT2D eigenvalue weighted by Gasteiger charge is -2.17. The number of nitrogens with one attached hydrogen (secondary N) is 1. The van der Waals surface area contributed by atoms with Gasteiger partial charge in [-0.1, -0.05) is 6.07 Å². The minimum Gasteiger partial charge on any atom is -0.357 e. The Bertz CT molecular complexity index is 665.